The van der Waals surface area contributed by atoms with Gasteiger partial charge in [0.15, 0.2) is 11.5 Å². The molecule has 0 unspecified atom stereocenters. The molecule has 0 saturated heterocycles. The normalized spacial score (nSPS) is 10.9. The minimum absolute atomic E-state index is 0.213. The molecule has 1 aromatic rings. The molecule has 2 aliphatic heterocycles. The highest BCUT2D eigenvalue weighted by atomic mass is 16.5. The van der Waals surface area contributed by atoms with Gasteiger partial charge in [-0.05, 0) is 24.3 Å². The third-order valence-electron chi connectivity index (χ3n) is 3.50. The highest BCUT2D eigenvalue weighted by Crippen LogP contribution is 2.21. The third kappa shape index (κ3) is 2.16. The van der Waals surface area contributed by atoms with Crippen molar-refractivity contribution in [1.29, 1.82) is 0 Å². The second kappa shape index (κ2) is 5.10. The molecule has 2 heterocycles. The van der Waals surface area contributed by atoms with E-state index in [1.807, 2.05) is 12.1 Å². The Kier molecular flexibility index (Phi) is 3.25. The van der Waals surface area contributed by atoms with Crippen LogP contribution in [-0.2, 0) is 14.1 Å². The van der Waals surface area contributed by atoms with Crippen molar-refractivity contribution in [3.63, 3.8) is 0 Å². The Hall–Kier alpha value is -2.96. The van der Waals surface area contributed by atoms with Gasteiger partial charge < -0.3 is 4.74 Å². The molecule has 1 aromatic carbocycles. The number of rotatable bonds is 2. The average Bonchev–Trinajstić information content (AvgIpc) is 2.54. The van der Waals surface area contributed by atoms with Crippen LogP contribution in [0.15, 0.2) is 39.9 Å². The second-order valence-electron chi connectivity index (χ2n) is 4.87. The number of pyridine rings is 1. The maximum absolute atomic E-state index is 12.2. The van der Waals surface area contributed by atoms with Gasteiger partial charge in [0, 0.05) is 25.7 Å². The molecule has 0 spiro atoms. The van der Waals surface area contributed by atoms with Gasteiger partial charge in [0.05, 0.1) is 12.8 Å². The summed E-state index contributed by atoms with van der Waals surface area (Å²) >= 11 is 0. The van der Waals surface area contributed by atoms with Gasteiger partial charge in [0.25, 0.3) is 11.1 Å². The molecular formula is C15H14N4O3. The Balaban J connectivity index is 2.26. The van der Waals surface area contributed by atoms with E-state index in [1.165, 1.54) is 17.8 Å². The lowest BCUT2D eigenvalue weighted by atomic mass is 10.2. The Labute approximate surface area is 125 Å². The van der Waals surface area contributed by atoms with Crippen molar-refractivity contribution in [1.82, 2.24) is 19.3 Å². The van der Waals surface area contributed by atoms with Gasteiger partial charge >= 0.3 is 0 Å². The summed E-state index contributed by atoms with van der Waals surface area (Å²) in [5, 5.41) is 4.32. The van der Waals surface area contributed by atoms with Crippen LogP contribution in [0, 0.1) is 0 Å². The lowest BCUT2D eigenvalue weighted by molar-refractivity contribution is 0.415. The first-order chi connectivity index (χ1) is 10.5. The van der Waals surface area contributed by atoms with E-state index in [9.17, 15) is 9.59 Å². The molecule has 112 valence electrons. The maximum Gasteiger partial charge on any atom is 0.281 e. The summed E-state index contributed by atoms with van der Waals surface area (Å²) in [6.45, 7) is 0. The summed E-state index contributed by atoms with van der Waals surface area (Å²) in [6.07, 6.45) is 0. The van der Waals surface area contributed by atoms with E-state index in [-0.39, 0.29) is 11.3 Å². The van der Waals surface area contributed by atoms with Crippen molar-refractivity contribution in [3.8, 4) is 28.5 Å². The van der Waals surface area contributed by atoms with Crippen LogP contribution in [0.2, 0.25) is 0 Å². The van der Waals surface area contributed by atoms with Crippen molar-refractivity contribution in [2.75, 3.05) is 7.11 Å². The predicted octanol–water partition coefficient (Wildman–Crippen LogP) is 0.654. The van der Waals surface area contributed by atoms with Gasteiger partial charge in [0.1, 0.15) is 5.75 Å². The third-order valence-corrected chi connectivity index (χ3v) is 3.50. The Bertz CT molecular complexity index is 925. The predicted molar refractivity (Wildman–Crippen MR) is 81.1 cm³/mol. The van der Waals surface area contributed by atoms with Crippen molar-refractivity contribution in [2.45, 2.75) is 0 Å². The Morgan fingerprint density at radius 1 is 1.09 bits per heavy atom. The summed E-state index contributed by atoms with van der Waals surface area (Å²) in [5.41, 5.74) is 0.562. The summed E-state index contributed by atoms with van der Waals surface area (Å²) in [5.74, 6) is 1.13. The molecule has 0 fully saturated rings. The first kappa shape index (κ1) is 14.0. The van der Waals surface area contributed by atoms with Crippen molar-refractivity contribution < 1.29 is 4.74 Å². The molecular weight excluding hydrogens is 284 g/mol. The molecule has 0 amide bonds. The lowest BCUT2D eigenvalue weighted by Crippen LogP contribution is -2.33. The van der Waals surface area contributed by atoms with E-state index in [4.69, 9.17) is 4.74 Å². The highest BCUT2D eigenvalue weighted by molar-refractivity contribution is 5.61. The lowest BCUT2D eigenvalue weighted by Gasteiger charge is -2.12. The van der Waals surface area contributed by atoms with Crippen LogP contribution in [0.5, 0.6) is 5.75 Å². The SMILES string of the molecule is COc1ccc(-c2nc3c(=O)n(C)c(=O)cc-3n(C)n2)cc1. The van der Waals surface area contributed by atoms with Crippen molar-refractivity contribution in [3.05, 3.63) is 51.0 Å². The number of hydrogen-bond acceptors (Lipinski definition) is 5. The number of benzene rings is 1. The summed E-state index contributed by atoms with van der Waals surface area (Å²) < 4.78 is 7.64. The van der Waals surface area contributed by atoms with E-state index < -0.39 is 5.56 Å². The van der Waals surface area contributed by atoms with Gasteiger partial charge in [0.2, 0.25) is 0 Å². The number of hydrogen-bond donors (Lipinski definition) is 0. The van der Waals surface area contributed by atoms with E-state index in [1.54, 1.807) is 26.3 Å². The molecule has 3 rings (SSSR count). The standard InChI is InChI=1S/C15H14N4O3/c1-18-12(20)8-11-13(15(18)21)16-14(17-19(11)2)9-4-6-10(22-3)7-5-9/h4-8H,1-3H3. The highest BCUT2D eigenvalue weighted by Gasteiger charge is 2.17. The zero-order valence-corrected chi connectivity index (χ0v) is 12.4. The molecule has 0 radical (unpaired) electrons. The molecule has 7 nitrogen and oxygen atoms in total. The van der Waals surface area contributed by atoms with Crippen LogP contribution in [-0.4, -0.2) is 26.4 Å². The summed E-state index contributed by atoms with van der Waals surface area (Å²) in [4.78, 5) is 28.3. The zero-order chi connectivity index (χ0) is 15.9. The molecule has 0 saturated carbocycles. The zero-order valence-electron chi connectivity index (χ0n) is 12.4. The van der Waals surface area contributed by atoms with Gasteiger partial charge in [-0.1, -0.05) is 0 Å². The van der Waals surface area contributed by atoms with Gasteiger partial charge in [-0.2, -0.15) is 5.10 Å². The van der Waals surface area contributed by atoms with Crippen LogP contribution >= 0.6 is 0 Å². The van der Waals surface area contributed by atoms with Gasteiger partial charge in [-0.3, -0.25) is 18.8 Å². The fourth-order valence-electron chi connectivity index (χ4n) is 2.19. The fraction of sp³-hybridized carbons (Fsp3) is 0.200. The van der Waals surface area contributed by atoms with E-state index in [2.05, 4.69) is 10.1 Å². The molecule has 0 bridgehead atoms. The smallest absolute Gasteiger partial charge is 0.281 e. The van der Waals surface area contributed by atoms with Crippen LogP contribution in [0.3, 0.4) is 0 Å². The monoisotopic (exact) mass is 298 g/mol. The molecule has 0 aliphatic carbocycles. The molecule has 22 heavy (non-hydrogen) atoms. The number of fused-ring (bicyclic) bond motifs is 1. The second-order valence-corrected chi connectivity index (χ2v) is 4.87. The first-order valence-electron chi connectivity index (χ1n) is 6.61. The first-order valence-corrected chi connectivity index (χ1v) is 6.61. The molecule has 2 aliphatic rings. The van der Waals surface area contributed by atoms with E-state index in [0.29, 0.717) is 11.5 Å². The van der Waals surface area contributed by atoms with Crippen LogP contribution < -0.4 is 15.9 Å². The quantitative estimate of drug-likeness (QED) is 0.694. The van der Waals surface area contributed by atoms with Crippen molar-refractivity contribution >= 4 is 0 Å². The minimum atomic E-state index is -0.435. The minimum Gasteiger partial charge on any atom is -0.497 e. The van der Waals surface area contributed by atoms with E-state index in [0.717, 1.165) is 15.9 Å². The number of aromatic nitrogens is 4. The van der Waals surface area contributed by atoms with Crippen LogP contribution in [0.25, 0.3) is 22.8 Å². The van der Waals surface area contributed by atoms with Crippen LogP contribution in [0.1, 0.15) is 0 Å². The topological polar surface area (TPSA) is 79.0 Å². The largest absolute Gasteiger partial charge is 0.497 e. The maximum atomic E-state index is 12.2. The number of methoxy groups -OCH3 is 1. The van der Waals surface area contributed by atoms with Gasteiger partial charge in [-0.15, -0.1) is 0 Å². The number of ether oxygens (including phenoxy) is 1. The van der Waals surface area contributed by atoms with Crippen molar-refractivity contribution in [2.24, 2.45) is 14.1 Å². The van der Waals surface area contributed by atoms with Gasteiger partial charge in [-0.25, -0.2) is 4.98 Å². The van der Waals surface area contributed by atoms with Crippen LogP contribution in [0.4, 0.5) is 0 Å². The van der Waals surface area contributed by atoms with E-state index >= 15 is 0 Å². The Morgan fingerprint density at radius 2 is 1.77 bits per heavy atom. The molecule has 0 N–H and O–H groups in total. The molecule has 0 atom stereocenters. The summed E-state index contributed by atoms with van der Waals surface area (Å²) in [6, 6.07) is 8.57. The fourth-order valence-corrected chi connectivity index (χ4v) is 2.19. The Morgan fingerprint density at radius 3 is 2.41 bits per heavy atom. The molecule has 7 heteroatoms. The number of aryl methyl sites for hydroxylation is 1. The number of nitrogens with zero attached hydrogens (tertiary/aromatic N) is 4. The average molecular weight is 298 g/mol. The molecule has 0 aromatic heterocycles. The summed E-state index contributed by atoms with van der Waals surface area (Å²) in [7, 11) is 4.70.